The molecule has 1 heterocycles. The van der Waals surface area contributed by atoms with E-state index in [1.807, 2.05) is 0 Å². The van der Waals surface area contributed by atoms with Crippen LogP contribution in [-0.4, -0.2) is 9.97 Å². The van der Waals surface area contributed by atoms with Gasteiger partial charge in [-0.15, -0.1) is 0 Å². The van der Waals surface area contributed by atoms with E-state index in [2.05, 4.69) is 9.97 Å². The first-order chi connectivity index (χ1) is 7.81. The first-order valence-corrected chi connectivity index (χ1v) is 5.10. The number of rotatable bonds is 3. The minimum atomic E-state index is 0.315. The van der Waals surface area contributed by atoms with Crippen molar-refractivity contribution in [2.24, 2.45) is 5.73 Å². The molecule has 2 aromatic rings. The van der Waals surface area contributed by atoms with Crippen LogP contribution in [0.5, 0.6) is 11.6 Å². The van der Waals surface area contributed by atoms with E-state index in [4.69, 9.17) is 22.1 Å². The van der Waals surface area contributed by atoms with Crippen molar-refractivity contribution in [1.82, 2.24) is 9.97 Å². The van der Waals surface area contributed by atoms with Gasteiger partial charge >= 0.3 is 0 Å². The topological polar surface area (TPSA) is 61.0 Å². The number of nitrogens with zero attached hydrogens (tertiary/aromatic N) is 2. The standard InChI is InChI=1S/C11H10ClN3O/c12-9-2-1-3-10(8(9)6-13)16-11-7-14-4-5-15-11/h1-5,7H,6,13H2. The van der Waals surface area contributed by atoms with Crippen LogP contribution in [0.4, 0.5) is 0 Å². The largest absolute Gasteiger partial charge is 0.437 e. The Labute approximate surface area is 98.0 Å². The Hall–Kier alpha value is -1.65. The summed E-state index contributed by atoms with van der Waals surface area (Å²) < 4.78 is 5.54. The third-order valence-corrected chi connectivity index (χ3v) is 2.39. The maximum Gasteiger partial charge on any atom is 0.237 e. The van der Waals surface area contributed by atoms with E-state index in [-0.39, 0.29) is 0 Å². The van der Waals surface area contributed by atoms with E-state index in [0.717, 1.165) is 5.56 Å². The average molecular weight is 236 g/mol. The molecule has 0 aliphatic heterocycles. The molecule has 0 amide bonds. The second-order valence-electron chi connectivity index (χ2n) is 3.07. The van der Waals surface area contributed by atoms with Gasteiger partial charge in [-0.3, -0.25) is 4.98 Å². The highest BCUT2D eigenvalue weighted by atomic mass is 35.5. The van der Waals surface area contributed by atoms with E-state index in [1.54, 1.807) is 30.6 Å². The van der Waals surface area contributed by atoms with Crippen LogP contribution in [0.25, 0.3) is 0 Å². The number of nitrogens with two attached hydrogens (primary N) is 1. The zero-order valence-electron chi connectivity index (χ0n) is 8.43. The Morgan fingerprint density at radius 2 is 2.19 bits per heavy atom. The fraction of sp³-hybridized carbons (Fsp3) is 0.0909. The van der Waals surface area contributed by atoms with Crippen LogP contribution >= 0.6 is 11.6 Å². The molecule has 0 bridgehead atoms. The number of hydrogen-bond donors (Lipinski definition) is 1. The highest BCUT2D eigenvalue weighted by Gasteiger charge is 2.07. The Bertz CT molecular complexity index is 476. The van der Waals surface area contributed by atoms with Gasteiger partial charge in [0.15, 0.2) is 0 Å². The van der Waals surface area contributed by atoms with Gasteiger partial charge in [0.2, 0.25) is 5.88 Å². The summed E-state index contributed by atoms with van der Waals surface area (Å²) in [5.74, 6) is 1.02. The second kappa shape index (κ2) is 4.92. The van der Waals surface area contributed by atoms with E-state index in [9.17, 15) is 0 Å². The smallest absolute Gasteiger partial charge is 0.237 e. The third kappa shape index (κ3) is 2.29. The van der Waals surface area contributed by atoms with Gasteiger partial charge < -0.3 is 10.5 Å². The first-order valence-electron chi connectivity index (χ1n) is 4.72. The number of aromatic nitrogens is 2. The zero-order chi connectivity index (χ0) is 11.4. The molecule has 0 saturated heterocycles. The maximum absolute atomic E-state index is 6.00. The summed E-state index contributed by atoms with van der Waals surface area (Å²) in [6.07, 6.45) is 4.66. The normalized spacial score (nSPS) is 10.1. The van der Waals surface area contributed by atoms with Crippen molar-refractivity contribution in [3.05, 3.63) is 47.4 Å². The van der Waals surface area contributed by atoms with Crippen molar-refractivity contribution in [1.29, 1.82) is 0 Å². The van der Waals surface area contributed by atoms with Gasteiger partial charge in [-0.25, -0.2) is 4.98 Å². The first kappa shape index (κ1) is 10.9. The lowest BCUT2D eigenvalue weighted by Crippen LogP contribution is -2.00. The Balaban J connectivity index is 2.31. The van der Waals surface area contributed by atoms with E-state index in [0.29, 0.717) is 23.2 Å². The van der Waals surface area contributed by atoms with Crippen molar-refractivity contribution in [3.63, 3.8) is 0 Å². The molecule has 2 rings (SSSR count). The van der Waals surface area contributed by atoms with Crippen molar-refractivity contribution in [2.45, 2.75) is 6.54 Å². The van der Waals surface area contributed by atoms with Gasteiger partial charge in [0, 0.05) is 29.5 Å². The van der Waals surface area contributed by atoms with E-state index in [1.165, 1.54) is 6.20 Å². The summed E-state index contributed by atoms with van der Waals surface area (Å²) in [7, 11) is 0. The summed E-state index contributed by atoms with van der Waals surface area (Å²) in [5.41, 5.74) is 6.36. The molecule has 82 valence electrons. The molecule has 4 nitrogen and oxygen atoms in total. The monoisotopic (exact) mass is 235 g/mol. The summed E-state index contributed by atoms with van der Waals surface area (Å²) >= 11 is 6.00. The number of ether oxygens (including phenoxy) is 1. The predicted octanol–water partition coefficient (Wildman–Crippen LogP) is 2.38. The molecular weight excluding hydrogens is 226 g/mol. The summed E-state index contributed by atoms with van der Waals surface area (Å²) in [6.45, 7) is 0.315. The lowest BCUT2D eigenvalue weighted by Gasteiger charge is -2.09. The van der Waals surface area contributed by atoms with Gasteiger partial charge in [0.05, 0.1) is 6.20 Å². The average Bonchev–Trinajstić information content (AvgIpc) is 2.31. The molecule has 0 radical (unpaired) electrons. The van der Waals surface area contributed by atoms with E-state index < -0.39 is 0 Å². The van der Waals surface area contributed by atoms with Crippen LogP contribution in [0.2, 0.25) is 5.02 Å². The SMILES string of the molecule is NCc1c(Cl)cccc1Oc1cnccn1. The van der Waals surface area contributed by atoms with Crippen molar-refractivity contribution in [3.8, 4) is 11.6 Å². The van der Waals surface area contributed by atoms with E-state index >= 15 is 0 Å². The van der Waals surface area contributed by atoms with Crippen LogP contribution < -0.4 is 10.5 Å². The molecule has 0 atom stereocenters. The minimum Gasteiger partial charge on any atom is -0.437 e. The molecule has 5 heteroatoms. The Morgan fingerprint density at radius 3 is 2.88 bits per heavy atom. The molecule has 16 heavy (non-hydrogen) atoms. The summed E-state index contributed by atoms with van der Waals surface area (Å²) in [4.78, 5) is 7.92. The summed E-state index contributed by atoms with van der Waals surface area (Å²) in [6, 6.07) is 5.36. The highest BCUT2D eigenvalue weighted by Crippen LogP contribution is 2.28. The lowest BCUT2D eigenvalue weighted by atomic mass is 10.2. The fourth-order valence-corrected chi connectivity index (χ4v) is 1.53. The van der Waals surface area contributed by atoms with Crippen LogP contribution in [0, 0.1) is 0 Å². The Morgan fingerprint density at radius 1 is 1.31 bits per heavy atom. The van der Waals surface area contributed by atoms with Crippen LogP contribution in [-0.2, 0) is 6.54 Å². The third-order valence-electron chi connectivity index (χ3n) is 2.03. The van der Waals surface area contributed by atoms with Crippen LogP contribution in [0.1, 0.15) is 5.56 Å². The number of halogens is 1. The summed E-state index contributed by atoms with van der Waals surface area (Å²) in [5, 5.41) is 0.587. The number of hydrogen-bond acceptors (Lipinski definition) is 4. The Kier molecular flexibility index (Phi) is 3.34. The van der Waals surface area contributed by atoms with Crippen molar-refractivity contribution >= 4 is 11.6 Å². The maximum atomic E-state index is 6.00. The molecule has 0 saturated carbocycles. The molecular formula is C11H10ClN3O. The molecule has 0 aliphatic carbocycles. The van der Waals surface area contributed by atoms with Gasteiger partial charge in [0.1, 0.15) is 5.75 Å². The molecule has 1 aromatic heterocycles. The molecule has 0 aliphatic rings. The molecule has 1 aromatic carbocycles. The van der Waals surface area contributed by atoms with Crippen LogP contribution in [0.3, 0.4) is 0 Å². The van der Waals surface area contributed by atoms with Gasteiger partial charge in [-0.1, -0.05) is 17.7 Å². The second-order valence-corrected chi connectivity index (χ2v) is 3.47. The molecule has 0 spiro atoms. The number of benzene rings is 1. The zero-order valence-corrected chi connectivity index (χ0v) is 9.19. The quantitative estimate of drug-likeness (QED) is 0.887. The fourth-order valence-electron chi connectivity index (χ4n) is 1.28. The highest BCUT2D eigenvalue weighted by molar-refractivity contribution is 6.31. The van der Waals surface area contributed by atoms with Crippen molar-refractivity contribution in [2.75, 3.05) is 0 Å². The lowest BCUT2D eigenvalue weighted by molar-refractivity contribution is 0.454. The van der Waals surface area contributed by atoms with Gasteiger partial charge in [0.25, 0.3) is 0 Å². The van der Waals surface area contributed by atoms with Gasteiger partial charge in [-0.2, -0.15) is 0 Å². The predicted molar refractivity (Wildman–Crippen MR) is 61.4 cm³/mol. The molecule has 0 unspecified atom stereocenters. The van der Waals surface area contributed by atoms with Gasteiger partial charge in [-0.05, 0) is 12.1 Å². The molecule has 2 N–H and O–H groups in total. The minimum absolute atomic E-state index is 0.315. The molecule has 0 fully saturated rings. The van der Waals surface area contributed by atoms with Crippen molar-refractivity contribution < 1.29 is 4.74 Å². The van der Waals surface area contributed by atoms with Crippen LogP contribution in [0.15, 0.2) is 36.8 Å².